The Kier molecular flexibility index (Phi) is 5.67. The van der Waals surface area contributed by atoms with Crippen molar-refractivity contribution in [1.29, 1.82) is 0 Å². The molecule has 18 heavy (non-hydrogen) atoms. The van der Waals surface area contributed by atoms with Gasteiger partial charge in [-0.25, -0.2) is 0 Å². The Bertz CT molecular complexity index is 336. The molecule has 1 aromatic rings. The lowest BCUT2D eigenvalue weighted by Gasteiger charge is -2.13. The maximum atomic E-state index is 5.73. The quantitative estimate of drug-likeness (QED) is 0.443. The Morgan fingerprint density at radius 2 is 2.11 bits per heavy atom. The minimum atomic E-state index is 0.373. The van der Waals surface area contributed by atoms with Gasteiger partial charge in [0.2, 0.25) is 0 Å². The second kappa shape index (κ2) is 7.27. The second-order valence-corrected chi connectivity index (χ2v) is 6.54. The third-order valence-electron chi connectivity index (χ3n) is 3.91. The van der Waals surface area contributed by atoms with E-state index in [0.29, 0.717) is 6.04 Å². The van der Waals surface area contributed by atoms with E-state index in [1.54, 1.807) is 10.4 Å². The van der Waals surface area contributed by atoms with Crippen LogP contribution in [0.2, 0.25) is 0 Å². The highest BCUT2D eigenvalue weighted by atomic mass is 32.1. The fourth-order valence-electron chi connectivity index (χ4n) is 2.77. The first-order valence-electron chi connectivity index (χ1n) is 7.42. The van der Waals surface area contributed by atoms with Crippen molar-refractivity contribution in [3.05, 3.63) is 21.4 Å². The summed E-state index contributed by atoms with van der Waals surface area (Å²) in [5, 5.41) is 0. The highest BCUT2D eigenvalue weighted by molar-refractivity contribution is 7.12. The summed E-state index contributed by atoms with van der Waals surface area (Å²) in [6, 6.07) is 2.78. The summed E-state index contributed by atoms with van der Waals surface area (Å²) in [6.07, 6.45) is 11.7. The molecule has 0 spiro atoms. The molecule has 1 unspecified atom stereocenters. The van der Waals surface area contributed by atoms with Gasteiger partial charge in [0.15, 0.2) is 0 Å². The third kappa shape index (κ3) is 3.56. The molecule has 2 nitrogen and oxygen atoms in total. The normalized spacial score (nSPS) is 16.6. The van der Waals surface area contributed by atoms with Crippen LogP contribution in [0.15, 0.2) is 6.07 Å². The number of nitrogens with two attached hydrogens (primary N) is 1. The van der Waals surface area contributed by atoms with Gasteiger partial charge in [0.1, 0.15) is 0 Å². The van der Waals surface area contributed by atoms with E-state index < -0.39 is 0 Å². The summed E-state index contributed by atoms with van der Waals surface area (Å²) in [4.78, 5) is 3.07. The van der Waals surface area contributed by atoms with Crippen LogP contribution in [0.5, 0.6) is 0 Å². The molecule has 0 saturated heterocycles. The van der Waals surface area contributed by atoms with Gasteiger partial charge in [-0.3, -0.25) is 11.3 Å². The number of hydrogen-bond acceptors (Lipinski definition) is 3. The molecule has 1 aliphatic rings. The average Bonchev–Trinajstić information content (AvgIpc) is 2.82. The number of thiophene rings is 1. The van der Waals surface area contributed by atoms with Crippen LogP contribution in [0.25, 0.3) is 0 Å². The van der Waals surface area contributed by atoms with Crippen LogP contribution in [0.3, 0.4) is 0 Å². The Labute approximate surface area is 115 Å². The van der Waals surface area contributed by atoms with Crippen LogP contribution in [0, 0.1) is 0 Å². The lowest BCUT2D eigenvalue weighted by molar-refractivity contribution is 0.488. The molecule has 1 aliphatic carbocycles. The SMILES string of the molecule is CCCCCCC(NN)c1cc2c(s1)CCCC2. The van der Waals surface area contributed by atoms with Crippen molar-refractivity contribution in [1.82, 2.24) is 5.43 Å². The van der Waals surface area contributed by atoms with Crippen molar-refractivity contribution in [2.75, 3.05) is 0 Å². The highest BCUT2D eigenvalue weighted by Gasteiger charge is 2.18. The molecule has 3 heteroatoms. The van der Waals surface area contributed by atoms with Gasteiger partial charge in [0.05, 0.1) is 6.04 Å². The smallest absolute Gasteiger partial charge is 0.0553 e. The van der Waals surface area contributed by atoms with Crippen molar-refractivity contribution in [2.24, 2.45) is 5.84 Å². The first kappa shape index (κ1) is 14.0. The molecule has 1 heterocycles. The zero-order chi connectivity index (χ0) is 12.8. The van der Waals surface area contributed by atoms with E-state index in [4.69, 9.17) is 5.84 Å². The van der Waals surface area contributed by atoms with Crippen LogP contribution < -0.4 is 11.3 Å². The Hall–Kier alpha value is -0.380. The topological polar surface area (TPSA) is 38.0 Å². The number of nitrogens with one attached hydrogen (secondary N) is 1. The third-order valence-corrected chi connectivity index (χ3v) is 5.26. The molecular formula is C15H26N2S. The predicted octanol–water partition coefficient (Wildman–Crippen LogP) is 4.10. The number of hydrogen-bond donors (Lipinski definition) is 2. The van der Waals surface area contributed by atoms with Gasteiger partial charge >= 0.3 is 0 Å². The molecule has 0 radical (unpaired) electrons. The Balaban J connectivity index is 1.92. The minimum absolute atomic E-state index is 0.373. The number of rotatable bonds is 7. The van der Waals surface area contributed by atoms with Gasteiger partial charge in [-0.2, -0.15) is 0 Å². The van der Waals surface area contributed by atoms with Gasteiger partial charge in [0.25, 0.3) is 0 Å². The molecule has 0 amide bonds. The molecule has 0 saturated carbocycles. The molecule has 102 valence electrons. The Morgan fingerprint density at radius 3 is 2.83 bits per heavy atom. The number of fused-ring (bicyclic) bond motifs is 1. The summed E-state index contributed by atoms with van der Waals surface area (Å²) in [5.74, 6) is 5.73. The molecule has 0 bridgehead atoms. The summed E-state index contributed by atoms with van der Waals surface area (Å²) >= 11 is 1.99. The van der Waals surface area contributed by atoms with Crippen molar-refractivity contribution in [3.63, 3.8) is 0 Å². The van der Waals surface area contributed by atoms with Crippen LogP contribution in [0.4, 0.5) is 0 Å². The standard InChI is InChI=1S/C15H26N2S/c1-2-3-4-5-9-13(17-16)15-11-12-8-6-7-10-14(12)18-15/h11,13,17H,2-10,16H2,1H3. The Morgan fingerprint density at radius 1 is 1.28 bits per heavy atom. The maximum Gasteiger partial charge on any atom is 0.0553 e. The van der Waals surface area contributed by atoms with E-state index in [9.17, 15) is 0 Å². The molecular weight excluding hydrogens is 240 g/mol. The largest absolute Gasteiger partial charge is 0.271 e. The van der Waals surface area contributed by atoms with Gasteiger partial charge < -0.3 is 0 Å². The molecule has 0 aromatic carbocycles. The first-order valence-corrected chi connectivity index (χ1v) is 8.24. The molecule has 0 fully saturated rings. The number of hydrazine groups is 1. The maximum absolute atomic E-state index is 5.73. The van der Waals surface area contributed by atoms with Gasteiger partial charge in [-0.15, -0.1) is 11.3 Å². The average molecular weight is 266 g/mol. The van der Waals surface area contributed by atoms with Crippen molar-refractivity contribution in [2.45, 2.75) is 70.8 Å². The number of aryl methyl sites for hydroxylation is 2. The monoisotopic (exact) mass is 266 g/mol. The van der Waals surface area contributed by atoms with E-state index in [-0.39, 0.29) is 0 Å². The van der Waals surface area contributed by atoms with Crippen LogP contribution in [-0.2, 0) is 12.8 Å². The van der Waals surface area contributed by atoms with Crippen LogP contribution in [-0.4, -0.2) is 0 Å². The predicted molar refractivity (Wildman–Crippen MR) is 79.8 cm³/mol. The minimum Gasteiger partial charge on any atom is -0.271 e. The zero-order valence-electron chi connectivity index (χ0n) is 11.5. The lowest BCUT2D eigenvalue weighted by Crippen LogP contribution is -2.27. The van der Waals surface area contributed by atoms with Gasteiger partial charge in [-0.05, 0) is 43.7 Å². The molecule has 2 rings (SSSR count). The van der Waals surface area contributed by atoms with E-state index in [1.807, 2.05) is 11.3 Å². The van der Waals surface area contributed by atoms with E-state index >= 15 is 0 Å². The first-order chi connectivity index (χ1) is 8.85. The van der Waals surface area contributed by atoms with E-state index in [0.717, 1.165) is 0 Å². The van der Waals surface area contributed by atoms with Gasteiger partial charge in [0, 0.05) is 9.75 Å². The molecule has 1 aromatic heterocycles. The van der Waals surface area contributed by atoms with E-state index in [1.165, 1.54) is 62.7 Å². The van der Waals surface area contributed by atoms with Crippen LogP contribution in [0.1, 0.15) is 73.2 Å². The highest BCUT2D eigenvalue weighted by Crippen LogP contribution is 2.34. The molecule has 0 aliphatic heterocycles. The van der Waals surface area contributed by atoms with Crippen molar-refractivity contribution in [3.8, 4) is 0 Å². The van der Waals surface area contributed by atoms with E-state index in [2.05, 4.69) is 18.4 Å². The second-order valence-electron chi connectivity index (χ2n) is 5.37. The molecule has 3 N–H and O–H groups in total. The number of unbranched alkanes of at least 4 members (excludes halogenated alkanes) is 3. The fraction of sp³-hybridized carbons (Fsp3) is 0.733. The zero-order valence-corrected chi connectivity index (χ0v) is 12.3. The fourth-order valence-corrected chi connectivity index (χ4v) is 4.12. The van der Waals surface area contributed by atoms with Gasteiger partial charge in [-0.1, -0.05) is 32.6 Å². The van der Waals surface area contributed by atoms with Crippen molar-refractivity contribution < 1.29 is 0 Å². The van der Waals surface area contributed by atoms with Crippen molar-refractivity contribution >= 4 is 11.3 Å². The summed E-state index contributed by atoms with van der Waals surface area (Å²) in [7, 11) is 0. The summed E-state index contributed by atoms with van der Waals surface area (Å²) < 4.78 is 0. The summed E-state index contributed by atoms with van der Waals surface area (Å²) in [5.41, 5.74) is 4.61. The van der Waals surface area contributed by atoms with Crippen LogP contribution >= 0.6 is 11.3 Å². The molecule has 1 atom stereocenters. The summed E-state index contributed by atoms with van der Waals surface area (Å²) in [6.45, 7) is 2.26. The lowest BCUT2D eigenvalue weighted by atomic mass is 9.98.